The molecule has 1 aromatic carbocycles. The maximum atomic E-state index is 10.3. The van der Waals surface area contributed by atoms with Crippen LogP contribution in [0.2, 0.25) is 0 Å². The molecule has 3 aliphatic rings. The van der Waals surface area contributed by atoms with Gasteiger partial charge in [0.05, 0.1) is 6.10 Å². The van der Waals surface area contributed by atoms with Gasteiger partial charge in [-0.1, -0.05) is 33.8 Å². The lowest BCUT2D eigenvalue weighted by Gasteiger charge is -2.52. The topological polar surface area (TPSA) is 40.5 Å². The van der Waals surface area contributed by atoms with E-state index < -0.39 is 0 Å². The second-order valence-electron chi connectivity index (χ2n) is 10.9. The van der Waals surface area contributed by atoms with Crippen molar-refractivity contribution < 1.29 is 10.2 Å². The van der Waals surface area contributed by atoms with E-state index in [1.165, 1.54) is 49.7 Å². The number of aromatic hydroxyl groups is 1. The molecule has 2 nitrogen and oxygen atoms in total. The normalized spacial score (nSPS) is 36.5. The number of aryl methyl sites for hydroxylation is 1. The molecule has 0 bridgehead atoms. The van der Waals surface area contributed by atoms with Crippen LogP contribution in [0.4, 0.5) is 0 Å². The molecule has 0 heterocycles. The molecule has 0 aromatic heterocycles. The first-order chi connectivity index (χ1) is 13.3. The molecular weight excluding hydrogens is 344 g/mol. The second kappa shape index (κ2) is 7.67. The highest BCUT2D eigenvalue weighted by Crippen LogP contribution is 2.64. The van der Waals surface area contributed by atoms with E-state index in [2.05, 4.69) is 33.8 Å². The predicted molar refractivity (Wildman–Crippen MR) is 115 cm³/mol. The highest BCUT2D eigenvalue weighted by atomic mass is 16.3. The summed E-state index contributed by atoms with van der Waals surface area (Å²) in [7, 11) is 0. The van der Waals surface area contributed by atoms with Crippen molar-refractivity contribution in [1.82, 2.24) is 0 Å². The number of rotatable bonds is 5. The fourth-order valence-corrected chi connectivity index (χ4v) is 7.51. The van der Waals surface area contributed by atoms with Crippen molar-refractivity contribution >= 4 is 0 Å². The van der Waals surface area contributed by atoms with Crippen LogP contribution < -0.4 is 0 Å². The molecule has 7 unspecified atom stereocenters. The Balaban J connectivity index is 1.48. The smallest absolute Gasteiger partial charge is 0.115 e. The fraction of sp³-hybridized carbons (Fsp3) is 0.769. The number of phenolic OH excluding ortho intramolecular Hbond substituents is 1. The van der Waals surface area contributed by atoms with Gasteiger partial charge in [0.1, 0.15) is 5.75 Å². The zero-order chi connectivity index (χ0) is 20.1. The van der Waals surface area contributed by atoms with Crippen LogP contribution in [0, 0.1) is 35.0 Å². The van der Waals surface area contributed by atoms with Gasteiger partial charge in [0.15, 0.2) is 0 Å². The van der Waals surface area contributed by atoms with Gasteiger partial charge in [-0.3, -0.25) is 0 Å². The van der Waals surface area contributed by atoms with Crippen LogP contribution in [0.3, 0.4) is 0 Å². The van der Waals surface area contributed by atoms with Crippen LogP contribution in [0.15, 0.2) is 18.2 Å². The van der Waals surface area contributed by atoms with E-state index in [1.807, 2.05) is 12.1 Å². The summed E-state index contributed by atoms with van der Waals surface area (Å²) in [5, 5.41) is 20.1. The lowest BCUT2D eigenvalue weighted by Crippen LogP contribution is -2.43. The Bertz CT molecular complexity index is 696. The van der Waals surface area contributed by atoms with Crippen molar-refractivity contribution in [2.75, 3.05) is 0 Å². The lowest BCUT2D eigenvalue weighted by molar-refractivity contribution is 0.00654. The molecule has 156 valence electrons. The van der Waals surface area contributed by atoms with E-state index in [-0.39, 0.29) is 6.10 Å². The Morgan fingerprint density at radius 2 is 1.86 bits per heavy atom. The molecule has 28 heavy (non-hydrogen) atoms. The number of hydrogen-bond acceptors (Lipinski definition) is 2. The van der Waals surface area contributed by atoms with Crippen LogP contribution in [-0.4, -0.2) is 16.3 Å². The summed E-state index contributed by atoms with van der Waals surface area (Å²) >= 11 is 0. The second-order valence-corrected chi connectivity index (χ2v) is 10.9. The van der Waals surface area contributed by atoms with E-state index in [4.69, 9.17) is 0 Å². The van der Waals surface area contributed by atoms with E-state index in [1.54, 1.807) is 0 Å². The predicted octanol–water partition coefficient (Wildman–Crippen LogP) is 6.30. The van der Waals surface area contributed by atoms with Gasteiger partial charge >= 0.3 is 0 Å². The minimum Gasteiger partial charge on any atom is -0.508 e. The van der Waals surface area contributed by atoms with Crippen LogP contribution in [0.5, 0.6) is 5.75 Å². The summed E-state index contributed by atoms with van der Waals surface area (Å²) in [5.41, 5.74) is 3.42. The Morgan fingerprint density at radius 1 is 1.07 bits per heavy atom. The SMILES string of the molecule is CC(C)C(O)CCC(C)C1CCC2C3CCc4cc(O)ccc4C3CCC12C. The van der Waals surface area contributed by atoms with E-state index in [0.717, 1.165) is 30.6 Å². The molecule has 4 rings (SSSR count). The van der Waals surface area contributed by atoms with Crippen molar-refractivity contribution in [2.24, 2.45) is 35.0 Å². The number of hydrogen-bond donors (Lipinski definition) is 2. The molecule has 7 atom stereocenters. The molecule has 1 aromatic rings. The average molecular weight is 385 g/mol. The standard InChI is InChI=1S/C26H40O2/c1-16(2)25(28)12-5-17(3)23-10-11-24-22-8-6-18-15-19(27)7-9-20(18)21(22)13-14-26(23,24)4/h7,9,15-17,21-25,27-28H,5-6,8,10-14H2,1-4H3. The Hall–Kier alpha value is -1.02. The van der Waals surface area contributed by atoms with Gasteiger partial charge in [-0.2, -0.15) is 0 Å². The van der Waals surface area contributed by atoms with Gasteiger partial charge in [0.25, 0.3) is 0 Å². The molecule has 2 N–H and O–H groups in total. The number of benzene rings is 1. The third-order valence-corrected chi connectivity index (χ3v) is 9.16. The molecule has 0 spiro atoms. The summed E-state index contributed by atoms with van der Waals surface area (Å²) in [5.74, 6) is 4.73. The summed E-state index contributed by atoms with van der Waals surface area (Å²) in [6, 6.07) is 6.13. The lowest BCUT2D eigenvalue weighted by atomic mass is 9.53. The third kappa shape index (κ3) is 3.40. The molecular formula is C26H40O2. The highest BCUT2D eigenvalue weighted by Gasteiger charge is 2.55. The van der Waals surface area contributed by atoms with Crippen molar-refractivity contribution in [3.63, 3.8) is 0 Å². The first-order valence-corrected chi connectivity index (χ1v) is 11.8. The summed E-state index contributed by atoms with van der Waals surface area (Å²) in [6.07, 6.45) is 9.86. The van der Waals surface area contributed by atoms with Crippen LogP contribution >= 0.6 is 0 Å². The Kier molecular flexibility index (Phi) is 5.55. The van der Waals surface area contributed by atoms with E-state index in [0.29, 0.717) is 28.9 Å². The maximum absolute atomic E-state index is 10.3. The van der Waals surface area contributed by atoms with Crippen molar-refractivity contribution in [3.8, 4) is 5.75 Å². The Labute approximate surface area is 171 Å². The third-order valence-electron chi connectivity index (χ3n) is 9.16. The summed E-state index contributed by atoms with van der Waals surface area (Å²) < 4.78 is 0. The number of phenols is 1. The first-order valence-electron chi connectivity index (χ1n) is 11.8. The van der Waals surface area contributed by atoms with Gasteiger partial charge in [-0.25, -0.2) is 0 Å². The summed E-state index contributed by atoms with van der Waals surface area (Å²) in [6.45, 7) is 9.32. The quantitative estimate of drug-likeness (QED) is 0.625. The van der Waals surface area contributed by atoms with Crippen LogP contribution in [0.25, 0.3) is 0 Å². The molecule has 0 radical (unpaired) electrons. The van der Waals surface area contributed by atoms with Gasteiger partial charge < -0.3 is 10.2 Å². The molecule has 3 aliphatic carbocycles. The first kappa shape index (κ1) is 20.3. The minimum atomic E-state index is -0.144. The summed E-state index contributed by atoms with van der Waals surface area (Å²) in [4.78, 5) is 0. The zero-order valence-corrected chi connectivity index (χ0v) is 18.3. The van der Waals surface area contributed by atoms with Gasteiger partial charge in [-0.05, 0) is 116 Å². The zero-order valence-electron chi connectivity index (χ0n) is 18.3. The molecule has 0 aliphatic heterocycles. The maximum Gasteiger partial charge on any atom is 0.115 e. The van der Waals surface area contributed by atoms with Gasteiger partial charge in [0.2, 0.25) is 0 Å². The minimum absolute atomic E-state index is 0.144. The largest absolute Gasteiger partial charge is 0.508 e. The van der Waals surface area contributed by atoms with E-state index in [9.17, 15) is 10.2 Å². The molecule has 2 heteroatoms. The number of fused-ring (bicyclic) bond motifs is 5. The van der Waals surface area contributed by atoms with Gasteiger partial charge in [-0.15, -0.1) is 0 Å². The highest BCUT2D eigenvalue weighted by molar-refractivity contribution is 5.40. The van der Waals surface area contributed by atoms with Crippen molar-refractivity contribution in [3.05, 3.63) is 29.3 Å². The van der Waals surface area contributed by atoms with Crippen molar-refractivity contribution in [2.45, 2.75) is 91.1 Å². The molecule has 2 fully saturated rings. The van der Waals surface area contributed by atoms with Gasteiger partial charge in [0, 0.05) is 0 Å². The molecule has 0 saturated heterocycles. The van der Waals surface area contributed by atoms with Crippen molar-refractivity contribution in [1.29, 1.82) is 0 Å². The molecule has 2 saturated carbocycles. The van der Waals surface area contributed by atoms with Crippen LogP contribution in [0.1, 0.15) is 89.7 Å². The fourth-order valence-electron chi connectivity index (χ4n) is 7.51. The monoisotopic (exact) mass is 384 g/mol. The average Bonchev–Trinajstić information content (AvgIpc) is 3.02. The Morgan fingerprint density at radius 3 is 2.61 bits per heavy atom. The number of aliphatic hydroxyl groups excluding tert-OH is 1. The van der Waals surface area contributed by atoms with E-state index >= 15 is 0 Å². The molecule has 0 amide bonds. The van der Waals surface area contributed by atoms with Crippen LogP contribution in [-0.2, 0) is 6.42 Å². The number of aliphatic hydroxyl groups is 1.